The number of nitrogens with one attached hydrogen (secondary N) is 1. The van der Waals surface area contributed by atoms with Crippen molar-refractivity contribution < 1.29 is 13.2 Å². The van der Waals surface area contributed by atoms with Crippen LogP contribution in [0.25, 0.3) is 0 Å². The van der Waals surface area contributed by atoms with Crippen LogP contribution in [-0.2, 0) is 6.18 Å². The zero-order valence-electron chi connectivity index (χ0n) is 10.2. The molecule has 0 fully saturated rings. The van der Waals surface area contributed by atoms with Crippen LogP contribution in [0.1, 0.15) is 5.82 Å². The summed E-state index contributed by atoms with van der Waals surface area (Å²) in [5.74, 6) is -1.28. The number of halogens is 4. The standard InChI is InChI=1S/C12H9ClF3N3S/c1-20-8-4-2-7(3-5-8)17-10-6-9(13)18-11(19-10)12(14,15)16/h2-6H,1H3,(H,17,18,19). The van der Waals surface area contributed by atoms with Gasteiger partial charge in [0.2, 0.25) is 5.82 Å². The van der Waals surface area contributed by atoms with Crippen molar-refractivity contribution in [2.75, 3.05) is 11.6 Å². The molecule has 0 unspecified atom stereocenters. The van der Waals surface area contributed by atoms with Gasteiger partial charge in [-0.1, -0.05) is 11.6 Å². The fraction of sp³-hybridized carbons (Fsp3) is 0.167. The van der Waals surface area contributed by atoms with Crippen LogP contribution in [0.5, 0.6) is 0 Å². The fourth-order valence-electron chi connectivity index (χ4n) is 1.43. The summed E-state index contributed by atoms with van der Waals surface area (Å²) in [4.78, 5) is 7.61. The molecule has 1 N–H and O–H groups in total. The van der Waals surface area contributed by atoms with Gasteiger partial charge >= 0.3 is 6.18 Å². The van der Waals surface area contributed by atoms with Crippen molar-refractivity contribution >= 4 is 34.9 Å². The maximum atomic E-state index is 12.6. The van der Waals surface area contributed by atoms with E-state index in [0.29, 0.717) is 5.69 Å². The quantitative estimate of drug-likeness (QED) is 0.662. The highest BCUT2D eigenvalue weighted by Gasteiger charge is 2.35. The highest BCUT2D eigenvalue weighted by Crippen LogP contribution is 2.29. The molecule has 2 rings (SSSR count). The maximum absolute atomic E-state index is 12.6. The van der Waals surface area contributed by atoms with Gasteiger partial charge in [0.1, 0.15) is 11.0 Å². The molecule has 0 radical (unpaired) electrons. The Bertz CT molecular complexity index is 602. The number of aromatic nitrogens is 2. The van der Waals surface area contributed by atoms with E-state index in [4.69, 9.17) is 11.6 Å². The molecular formula is C12H9ClF3N3S. The molecule has 0 atom stereocenters. The van der Waals surface area contributed by atoms with Gasteiger partial charge in [-0.2, -0.15) is 13.2 Å². The third-order valence-corrected chi connectivity index (χ3v) is 3.25. The topological polar surface area (TPSA) is 37.8 Å². The number of benzene rings is 1. The predicted molar refractivity (Wildman–Crippen MR) is 73.5 cm³/mol. The Balaban J connectivity index is 2.26. The first-order valence-electron chi connectivity index (χ1n) is 5.41. The summed E-state index contributed by atoms with van der Waals surface area (Å²) in [6, 6.07) is 8.42. The first kappa shape index (κ1) is 14.9. The molecule has 1 heterocycles. The van der Waals surface area contributed by atoms with E-state index in [9.17, 15) is 13.2 Å². The lowest BCUT2D eigenvalue weighted by molar-refractivity contribution is -0.144. The molecule has 20 heavy (non-hydrogen) atoms. The van der Waals surface area contributed by atoms with Crippen molar-refractivity contribution in [2.24, 2.45) is 0 Å². The number of nitrogens with zero attached hydrogens (tertiary/aromatic N) is 2. The van der Waals surface area contributed by atoms with Crippen LogP contribution in [0.15, 0.2) is 35.2 Å². The molecule has 0 aliphatic heterocycles. The van der Waals surface area contributed by atoms with Crippen molar-refractivity contribution in [3.05, 3.63) is 41.3 Å². The molecule has 8 heteroatoms. The minimum atomic E-state index is -4.63. The fourth-order valence-corrected chi connectivity index (χ4v) is 2.02. The number of alkyl halides is 3. The average molecular weight is 320 g/mol. The van der Waals surface area contributed by atoms with Crippen molar-refractivity contribution in [3.63, 3.8) is 0 Å². The van der Waals surface area contributed by atoms with Gasteiger partial charge in [-0.3, -0.25) is 0 Å². The number of hydrogen-bond donors (Lipinski definition) is 1. The number of anilines is 2. The molecule has 0 amide bonds. The summed E-state index contributed by atoms with van der Waals surface area (Å²) < 4.78 is 37.7. The molecule has 0 saturated carbocycles. The van der Waals surface area contributed by atoms with Crippen LogP contribution in [0.4, 0.5) is 24.7 Å². The first-order valence-corrected chi connectivity index (χ1v) is 7.01. The van der Waals surface area contributed by atoms with Crippen LogP contribution in [0.2, 0.25) is 5.15 Å². The van der Waals surface area contributed by atoms with E-state index in [1.807, 2.05) is 18.4 Å². The van der Waals surface area contributed by atoms with Crippen molar-refractivity contribution in [1.82, 2.24) is 9.97 Å². The van der Waals surface area contributed by atoms with Crippen molar-refractivity contribution in [2.45, 2.75) is 11.1 Å². The predicted octanol–water partition coefficient (Wildman–Crippen LogP) is 4.61. The number of hydrogen-bond acceptors (Lipinski definition) is 4. The average Bonchev–Trinajstić information content (AvgIpc) is 2.38. The third kappa shape index (κ3) is 3.77. The molecule has 106 valence electrons. The summed E-state index contributed by atoms with van der Waals surface area (Å²) in [6.45, 7) is 0. The number of thioether (sulfide) groups is 1. The van der Waals surface area contributed by atoms with Crippen LogP contribution >= 0.6 is 23.4 Å². The van der Waals surface area contributed by atoms with Gasteiger partial charge in [0, 0.05) is 16.6 Å². The minimum absolute atomic E-state index is 0.00535. The Hall–Kier alpha value is -1.47. The summed E-state index contributed by atoms with van der Waals surface area (Å²) in [6.07, 6.45) is -2.70. The van der Waals surface area contributed by atoms with Gasteiger partial charge in [0.05, 0.1) is 0 Å². The molecule has 1 aromatic heterocycles. The van der Waals surface area contributed by atoms with Gasteiger partial charge in [0.25, 0.3) is 0 Å². The summed E-state index contributed by atoms with van der Waals surface area (Å²) in [7, 11) is 0. The summed E-state index contributed by atoms with van der Waals surface area (Å²) in [5, 5.41) is 2.50. The van der Waals surface area contributed by atoms with E-state index in [0.717, 1.165) is 4.90 Å². The van der Waals surface area contributed by atoms with Gasteiger partial charge < -0.3 is 5.32 Å². The lowest BCUT2D eigenvalue weighted by Crippen LogP contribution is -2.12. The van der Waals surface area contributed by atoms with Gasteiger partial charge in [-0.15, -0.1) is 11.8 Å². The SMILES string of the molecule is CSc1ccc(Nc2cc(Cl)nc(C(F)(F)F)n2)cc1. The second-order valence-electron chi connectivity index (χ2n) is 3.75. The first-order chi connectivity index (χ1) is 9.38. The van der Waals surface area contributed by atoms with E-state index in [2.05, 4.69) is 15.3 Å². The zero-order chi connectivity index (χ0) is 14.8. The second-order valence-corrected chi connectivity index (χ2v) is 5.02. The minimum Gasteiger partial charge on any atom is -0.340 e. The van der Waals surface area contributed by atoms with E-state index >= 15 is 0 Å². The van der Waals surface area contributed by atoms with Crippen molar-refractivity contribution in [1.29, 1.82) is 0 Å². The lowest BCUT2D eigenvalue weighted by Gasteiger charge is -2.10. The maximum Gasteiger partial charge on any atom is 0.451 e. The summed E-state index contributed by atoms with van der Waals surface area (Å²) >= 11 is 7.14. The third-order valence-electron chi connectivity index (χ3n) is 2.31. The second kappa shape index (κ2) is 5.88. The van der Waals surface area contributed by atoms with Crippen LogP contribution < -0.4 is 5.32 Å². The lowest BCUT2D eigenvalue weighted by atomic mass is 10.3. The summed E-state index contributed by atoms with van der Waals surface area (Å²) in [5.41, 5.74) is 0.616. The van der Waals surface area contributed by atoms with E-state index in [1.54, 1.807) is 23.9 Å². The van der Waals surface area contributed by atoms with Gasteiger partial charge in [-0.05, 0) is 30.5 Å². The van der Waals surface area contributed by atoms with Crippen molar-refractivity contribution in [3.8, 4) is 0 Å². The molecule has 0 bridgehead atoms. The Labute approximate surface area is 122 Å². The Kier molecular flexibility index (Phi) is 4.39. The molecule has 0 saturated heterocycles. The number of rotatable bonds is 3. The Morgan fingerprint density at radius 3 is 2.35 bits per heavy atom. The Morgan fingerprint density at radius 2 is 1.80 bits per heavy atom. The molecular weight excluding hydrogens is 311 g/mol. The monoisotopic (exact) mass is 319 g/mol. The Morgan fingerprint density at radius 1 is 1.15 bits per heavy atom. The molecule has 2 aromatic rings. The van der Waals surface area contributed by atoms with E-state index in [-0.39, 0.29) is 11.0 Å². The highest BCUT2D eigenvalue weighted by molar-refractivity contribution is 7.98. The smallest absolute Gasteiger partial charge is 0.340 e. The normalized spacial score (nSPS) is 11.4. The van der Waals surface area contributed by atoms with Gasteiger partial charge in [-0.25, -0.2) is 9.97 Å². The molecule has 0 aliphatic rings. The molecule has 3 nitrogen and oxygen atoms in total. The van der Waals surface area contributed by atoms with Crippen LogP contribution in [-0.4, -0.2) is 16.2 Å². The van der Waals surface area contributed by atoms with E-state index < -0.39 is 12.0 Å². The zero-order valence-corrected chi connectivity index (χ0v) is 11.8. The van der Waals surface area contributed by atoms with Gasteiger partial charge in [0.15, 0.2) is 0 Å². The van der Waals surface area contributed by atoms with E-state index in [1.165, 1.54) is 6.07 Å². The van der Waals surface area contributed by atoms with Crippen LogP contribution in [0, 0.1) is 0 Å². The highest BCUT2D eigenvalue weighted by atomic mass is 35.5. The molecule has 1 aromatic carbocycles. The molecule has 0 spiro atoms. The largest absolute Gasteiger partial charge is 0.451 e. The van der Waals surface area contributed by atoms with Crippen LogP contribution in [0.3, 0.4) is 0 Å². The molecule has 0 aliphatic carbocycles.